The number of nitrogens with zero attached hydrogens (tertiary/aromatic N) is 4. The zero-order chi connectivity index (χ0) is 18.4. The van der Waals surface area contributed by atoms with Crippen LogP contribution in [0.25, 0.3) is 11.3 Å². The van der Waals surface area contributed by atoms with E-state index in [1.165, 1.54) is 29.4 Å². The van der Waals surface area contributed by atoms with Gasteiger partial charge >= 0.3 is 0 Å². The number of nitrogens with two attached hydrogens (primary N) is 1. The van der Waals surface area contributed by atoms with Crippen LogP contribution in [0.4, 0.5) is 11.1 Å². The Morgan fingerprint density at radius 2 is 2.08 bits per heavy atom. The van der Waals surface area contributed by atoms with Crippen LogP contribution in [0.2, 0.25) is 0 Å². The van der Waals surface area contributed by atoms with Gasteiger partial charge in [-0.05, 0) is 31.2 Å². The number of rotatable bonds is 7. The van der Waals surface area contributed by atoms with E-state index in [2.05, 4.69) is 25.3 Å². The molecule has 0 saturated carbocycles. The van der Waals surface area contributed by atoms with Crippen molar-refractivity contribution in [1.29, 1.82) is 0 Å². The molecule has 0 saturated heterocycles. The lowest BCUT2D eigenvalue weighted by Crippen LogP contribution is -2.14. The topological polar surface area (TPSA) is 116 Å². The highest BCUT2D eigenvalue weighted by Crippen LogP contribution is 2.26. The first kappa shape index (κ1) is 18.1. The molecule has 0 aliphatic rings. The maximum atomic E-state index is 12.0. The number of aromatic nitrogens is 4. The minimum absolute atomic E-state index is 0.128. The molecule has 3 N–H and O–H groups in total. The van der Waals surface area contributed by atoms with E-state index in [-0.39, 0.29) is 17.6 Å². The minimum atomic E-state index is -0.193. The molecule has 0 bridgehead atoms. The Labute approximate surface area is 158 Å². The number of carbonyl (C=O) groups is 1. The van der Waals surface area contributed by atoms with Gasteiger partial charge in [-0.3, -0.25) is 4.79 Å². The van der Waals surface area contributed by atoms with E-state index < -0.39 is 0 Å². The number of ether oxygens (including phenoxy) is 1. The van der Waals surface area contributed by atoms with Gasteiger partial charge in [0.15, 0.2) is 10.3 Å². The monoisotopic (exact) mass is 388 g/mol. The van der Waals surface area contributed by atoms with Gasteiger partial charge in [0.25, 0.3) is 0 Å². The van der Waals surface area contributed by atoms with Crippen LogP contribution < -0.4 is 15.8 Å². The number of amides is 1. The lowest BCUT2D eigenvalue weighted by atomic mass is 10.2. The number of carbonyl (C=O) groups excluding carboxylic acids is 1. The summed E-state index contributed by atoms with van der Waals surface area (Å²) in [6.45, 7) is 2.57. The zero-order valence-corrected chi connectivity index (χ0v) is 15.5. The van der Waals surface area contributed by atoms with Gasteiger partial charge in [0.2, 0.25) is 11.9 Å². The molecule has 26 heavy (non-hydrogen) atoms. The van der Waals surface area contributed by atoms with Crippen molar-refractivity contribution in [1.82, 2.24) is 19.9 Å². The molecule has 0 unspecified atom stereocenters. The molecule has 0 aliphatic heterocycles. The van der Waals surface area contributed by atoms with Gasteiger partial charge in [-0.2, -0.15) is 4.98 Å². The van der Waals surface area contributed by atoms with Crippen LogP contribution in [-0.2, 0) is 4.79 Å². The molecular formula is C16H16N6O2S2. The van der Waals surface area contributed by atoms with Crippen LogP contribution in [0.15, 0.2) is 41.1 Å². The first-order chi connectivity index (χ1) is 12.6. The number of benzene rings is 1. The normalized spacial score (nSPS) is 10.5. The lowest BCUT2D eigenvalue weighted by Gasteiger charge is -2.03. The van der Waals surface area contributed by atoms with Crippen LogP contribution in [0.3, 0.4) is 0 Å². The highest BCUT2D eigenvalue weighted by Gasteiger charge is 2.10. The summed E-state index contributed by atoms with van der Waals surface area (Å²) >= 11 is 2.55. The summed E-state index contributed by atoms with van der Waals surface area (Å²) in [6.07, 6.45) is 1.31. The summed E-state index contributed by atoms with van der Waals surface area (Å²) in [6, 6.07) is 7.67. The number of anilines is 2. The van der Waals surface area contributed by atoms with Gasteiger partial charge in [0, 0.05) is 10.9 Å². The fourth-order valence-corrected chi connectivity index (χ4v) is 3.35. The number of hydrogen-bond acceptors (Lipinski definition) is 9. The van der Waals surface area contributed by atoms with Crippen LogP contribution >= 0.6 is 23.1 Å². The molecule has 2 aromatic heterocycles. The predicted octanol–water partition coefficient (Wildman–Crippen LogP) is 2.71. The van der Waals surface area contributed by atoms with Crippen molar-refractivity contribution in [3.63, 3.8) is 0 Å². The van der Waals surface area contributed by atoms with Crippen molar-refractivity contribution < 1.29 is 9.53 Å². The van der Waals surface area contributed by atoms with Gasteiger partial charge in [0.05, 0.1) is 18.1 Å². The average Bonchev–Trinajstić information content (AvgIpc) is 3.09. The Kier molecular flexibility index (Phi) is 5.97. The molecule has 8 nitrogen and oxygen atoms in total. The van der Waals surface area contributed by atoms with Crippen molar-refractivity contribution in [2.45, 2.75) is 12.1 Å². The third kappa shape index (κ3) is 4.90. The summed E-state index contributed by atoms with van der Waals surface area (Å²) in [5.41, 5.74) is 7.24. The summed E-state index contributed by atoms with van der Waals surface area (Å²) in [7, 11) is 0. The van der Waals surface area contributed by atoms with E-state index in [0.29, 0.717) is 16.9 Å². The summed E-state index contributed by atoms with van der Waals surface area (Å²) < 4.78 is 5.43. The van der Waals surface area contributed by atoms with Gasteiger partial charge in [-0.15, -0.1) is 11.3 Å². The Morgan fingerprint density at radius 1 is 1.27 bits per heavy atom. The van der Waals surface area contributed by atoms with Crippen molar-refractivity contribution in [3.8, 4) is 17.0 Å². The lowest BCUT2D eigenvalue weighted by molar-refractivity contribution is -0.113. The van der Waals surface area contributed by atoms with E-state index >= 15 is 0 Å². The first-order valence-electron chi connectivity index (χ1n) is 7.70. The molecule has 0 aliphatic carbocycles. The van der Waals surface area contributed by atoms with E-state index in [0.717, 1.165) is 17.0 Å². The van der Waals surface area contributed by atoms with Crippen molar-refractivity contribution >= 4 is 40.1 Å². The van der Waals surface area contributed by atoms with Crippen molar-refractivity contribution in [2.24, 2.45) is 0 Å². The van der Waals surface area contributed by atoms with Gasteiger partial charge < -0.3 is 15.8 Å². The summed E-state index contributed by atoms with van der Waals surface area (Å²) in [5.74, 6) is 0.905. The first-order valence-corrected chi connectivity index (χ1v) is 9.56. The van der Waals surface area contributed by atoms with Crippen LogP contribution in [0, 0.1) is 0 Å². The van der Waals surface area contributed by atoms with E-state index in [1.807, 2.05) is 36.6 Å². The van der Waals surface area contributed by atoms with E-state index in [9.17, 15) is 4.79 Å². The number of thioether (sulfide) groups is 1. The smallest absolute Gasteiger partial charge is 0.236 e. The molecule has 1 amide bonds. The third-order valence-corrected chi connectivity index (χ3v) is 4.73. The fourth-order valence-electron chi connectivity index (χ4n) is 2.00. The molecule has 10 heteroatoms. The summed E-state index contributed by atoms with van der Waals surface area (Å²) in [5, 5.41) is 5.60. The van der Waals surface area contributed by atoms with Crippen LogP contribution in [0.5, 0.6) is 5.75 Å². The molecule has 3 aromatic rings. The molecule has 2 heterocycles. The van der Waals surface area contributed by atoms with Gasteiger partial charge in [0.1, 0.15) is 12.1 Å². The predicted molar refractivity (Wildman–Crippen MR) is 102 cm³/mol. The SMILES string of the molecule is CCOc1ccc(-c2csc(NC(=O)CSc3ncnc(N)n3)n2)cc1. The number of hydrogen-bond donors (Lipinski definition) is 2. The second-order valence-electron chi connectivity index (χ2n) is 4.96. The van der Waals surface area contributed by atoms with Crippen LogP contribution in [0.1, 0.15) is 6.92 Å². The highest BCUT2D eigenvalue weighted by atomic mass is 32.2. The zero-order valence-electron chi connectivity index (χ0n) is 13.9. The maximum absolute atomic E-state index is 12.0. The van der Waals surface area contributed by atoms with Crippen LogP contribution in [-0.4, -0.2) is 38.2 Å². The molecule has 0 spiro atoms. The molecule has 3 rings (SSSR count). The van der Waals surface area contributed by atoms with Gasteiger partial charge in [-0.1, -0.05) is 11.8 Å². The summed E-state index contributed by atoms with van der Waals surface area (Å²) in [4.78, 5) is 28.1. The molecular weight excluding hydrogens is 372 g/mol. The fraction of sp³-hybridized carbons (Fsp3) is 0.188. The minimum Gasteiger partial charge on any atom is -0.494 e. The highest BCUT2D eigenvalue weighted by molar-refractivity contribution is 7.99. The molecule has 0 atom stereocenters. The quantitative estimate of drug-likeness (QED) is 0.594. The molecule has 0 radical (unpaired) electrons. The Morgan fingerprint density at radius 3 is 2.81 bits per heavy atom. The second kappa shape index (κ2) is 8.59. The van der Waals surface area contributed by atoms with E-state index in [1.54, 1.807) is 0 Å². The van der Waals surface area contributed by atoms with Crippen molar-refractivity contribution in [2.75, 3.05) is 23.4 Å². The molecule has 1 aromatic carbocycles. The Balaban J connectivity index is 1.56. The third-order valence-electron chi connectivity index (χ3n) is 3.11. The maximum Gasteiger partial charge on any atom is 0.236 e. The Bertz CT molecular complexity index is 884. The standard InChI is InChI=1S/C16H16N6O2S2/c1-2-24-11-5-3-10(4-6-11)12-7-25-16(20-12)21-13(23)8-26-15-19-9-18-14(17)22-15/h3-7,9H,2,8H2,1H3,(H,20,21,23)(H2,17,18,19,22). The number of thiazole rings is 1. The Hall–Kier alpha value is -2.72. The second-order valence-corrected chi connectivity index (χ2v) is 6.76. The average molecular weight is 388 g/mol. The van der Waals surface area contributed by atoms with Gasteiger partial charge in [-0.25, -0.2) is 15.0 Å². The number of nitrogen functional groups attached to an aromatic ring is 1. The van der Waals surface area contributed by atoms with E-state index in [4.69, 9.17) is 10.5 Å². The molecule has 134 valence electrons. The largest absolute Gasteiger partial charge is 0.494 e. The number of nitrogens with one attached hydrogen (secondary N) is 1. The molecule has 0 fully saturated rings. The van der Waals surface area contributed by atoms with Crippen molar-refractivity contribution in [3.05, 3.63) is 36.0 Å².